The molecular weight excluding hydrogens is 311 g/mol. The van der Waals surface area contributed by atoms with Crippen molar-refractivity contribution in [3.8, 4) is 0 Å². The van der Waals surface area contributed by atoms with Crippen LogP contribution in [0.15, 0.2) is 18.7 Å². The Morgan fingerprint density at radius 2 is 1.86 bits per heavy atom. The van der Waals surface area contributed by atoms with Crippen LogP contribution in [0.25, 0.3) is 6.08 Å². The Balaban J connectivity index is 3.42. The second-order valence-corrected chi connectivity index (χ2v) is 3.72. The van der Waals surface area contributed by atoms with Crippen LogP contribution in [-0.2, 0) is 6.18 Å². The quantitative estimate of drug-likeness (QED) is 0.541. The third kappa shape index (κ3) is 2.26. The minimum Gasteiger partial charge on any atom is -0.206 e. The predicted molar refractivity (Wildman–Crippen MR) is 54.2 cm³/mol. The smallest absolute Gasteiger partial charge is 0.206 e. The van der Waals surface area contributed by atoms with E-state index in [9.17, 15) is 17.6 Å². The van der Waals surface area contributed by atoms with Gasteiger partial charge in [0.15, 0.2) is 0 Å². The molecule has 0 fully saturated rings. The molecule has 0 saturated carbocycles. The number of hydrogen-bond donors (Lipinski definition) is 0. The molecule has 0 aliphatic heterocycles. The maximum absolute atomic E-state index is 12.9. The number of halogens is 5. The van der Waals surface area contributed by atoms with Crippen molar-refractivity contribution in [2.75, 3.05) is 0 Å². The van der Waals surface area contributed by atoms with Crippen LogP contribution in [0.3, 0.4) is 0 Å². The minimum atomic E-state index is -4.48. The summed E-state index contributed by atoms with van der Waals surface area (Å²) in [6.07, 6.45) is -3.49. The van der Waals surface area contributed by atoms with Crippen LogP contribution in [0.1, 0.15) is 11.1 Å². The summed E-state index contributed by atoms with van der Waals surface area (Å²) in [7, 11) is 0. The van der Waals surface area contributed by atoms with Crippen LogP contribution >= 0.6 is 22.6 Å². The van der Waals surface area contributed by atoms with Crippen LogP contribution < -0.4 is 0 Å². The van der Waals surface area contributed by atoms with Gasteiger partial charge in [-0.1, -0.05) is 12.7 Å². The van der Waals surface area contributed by atoms with Crippen molar-refractivity contribution >= 4 is 28.7 Å². The number of alkyl halides is 3. The van der Waals surface area contributed by atoms with E-state index in [1.54, 1.807) is 0 Å². The summed E-state index contributed by atoms with van der Waals surface area (Å²) in [6, 6.07) is 1.60. The largest absolute Gasteiger partial charge is 0.417 e. The zero-order valence-electron chi connectivity index (χ0n) is 6.83. The normalized spacial score (nSPS) is 11.5. The summed E-state index contributed by atoms with van der Waals surface area (Å²) in [5, 5.41) is 0. The van der Waals surface area contributed by atoms with Crippen molar-refractivity contribution < 1.29 is 17.6 Å². The van der Waals surface area contributed by atoms with E-state index in [-0.39, 0.29) is 9.13 Å². The van der Waals surface area contributed by atoms with E-state index < -0.39 is 17.6 Å². The zero-order valence-corrected chi connectivity index (χ0v) is 8.99. The molecule has 0 amide bonds. The van der Waals surface area contributed by atoms with E-state index in [2.05, 4.69) is 6.58 Å². The first-order valence-corrected chi connectivity index (χ1v) is 4.63. The Labute approximate surface area is 91.8 Å². The maximum Gasteiger partial charge on any atom is 0.417 e. The van der Waals surface area contributed by atoms with E-state index in [4.69, 9.17) is 0 Å². The van der Waals surface area contributed by atoms with Crippen LogP contribution in [-0.4, -0.2) is 0 Å². The van der Waals surface area contributed by atoms with Crippen LogP contribution in [0, 0.1) is 9.39 Å². The first kappa shape index (κ1) is 11.5. The summed E-state index contributed by atoms with van der Waals surface area (Å²) in [5.41, 5.74) is -1.10. The van der Waals surface area contributed by atoms with Gasteiger partial charge in [0.1, 0.15) is 5.82 Å². The number of rotatable bonds is 1. The summed E-state index contributed by atoms with van der Waals surface area (Å²) >= 11 is 1.51. The summed E-state index contributed by atoms with van der Waals surface area (Å²) in [5.74, 6) is -0.673. The molecule has 0 unspecified atom stereocenters. The van der Waals surface area contributed by atoms with Crippen LogP contribution in [0.5, 0.6) is 0 Å². The third-order valence-corrected chi connectivity index (χ3v) is 2.44. The van der Waals surface area contributed by atoms with Gasteiger partial charge in [-0.3, -0.25) is 0 Å². The molecule has 0 aliphatic rings. The van der Waals surface area contributed by atoms with Crippen LogP contribution in [0.4, 0.5) is 17.6 Å². The fourth-order valence-electron chi connectivity index (χ4n) is 0.977. The molecular formula is C9H5F4I. The Morgan fingerprint density at radius 1 is 1.29 bits per heavy atom. The summed E-state index contributed by atoms with van der Waals surface area (Å²) < 4.78 is 50.0. The van der Waals surface area contributed by atoms with Gasteiger partial charge in [-0.05, 0) is 40.3 Å². The van der Waals surface area contributed by atoms with E-state index in [1.165, 1.54) is 22.6 Å². The molecule has 0 bridgehead atoms. The van der Waals surface area contributed by atoms with Crippen molar-refractivity contribution in [2.45, 2.75) is 6.18 Å². The lowest BCUT2D eigenvalue weighted by Crippen LogP contribution is -2.08. The molecule has 0 N–H and O–H groups in total. The SMILES string of the molecule is C=Cc1cc(F)c(I)cc1C(F)(F)F. The van der Waals surface area contributed by atoms with Gasteiger partial charge in [-0.2, -0.15) is 13.2 Å². The second kappa shape index (κ2) is 3.88. The van der Waals surface area contributed by atoms with Gasteiger partial charge in [0.05, 0.1) is 5.56 Å². The molecule has 5 heteroatoms. The van der Waals surface area contributed by atoms with Crippen molar-refractivity contribution in [3.63, 3.8) is 0 Å². The number of hydrogen-bond acceptors (Lipinski definition) is 0. The van der Waals surface area contributed by atoms with Crippen molar-refractivity contribution in [1.82, 2.24) is 0 Å². The zero-order chi connectivity index (χ0) is 10.9. The fourth-order valence-corrected chi connectivity index (χ4v) is 1.44. The predicted octanol–water partition coefficient (Wildman–Crippen LogP) is 4.09. The van der Waals surface area contributed by atoms with Crippen LogP contribution in [0.2, 0.25) is 0 Å². The molecule has 0 aromatic heterocycles. The molecule has 0 saturated heterocycles. The van der Waals surface area contributed by atoms with Crippen molar-refractivity contribution in [1.29, 1.82) is 0 Å². The van der Waals surface area contributed by atoms with Gasteiger partial charge in [0.2, 0.25) is 0 Å². The molecule has 0 nitrogen and oxygen atoms in total. The number of benzene rings is 1. The van der Waals surface area contributed by atoms with Crippen molar-refractivity contribution in [2.24, 2.45) is 0 Å². The lowest BCUT2D eigenvalue weighted by Gasteiger charge is -2.11. The Hall–Kier alpha value is -0.590. The molecule has 0 spiro atoms. The summed E-state index contributed by atoms with van der Waals surface area (Å²) in [6.45, 7) is 3.21. The Bertz CT molecular complexity index is 368. The van der Waals surface area contributed by atoms with E-state index in [1.807, 2.05) is 0 Å². The average molecular weight is 316 g/mol. The Morgan fingerprint density at radius 3 is 2.29 bits per heavy atom. The topological polar surface area (TPSA) is 0 Å². The van der Waals surface area contributed by atoms with Gasteiger partial charge in [-0.25, -0.2) is 4.39 Å². The highest BCUT2D eigenvalue weighted by Gasteiger charge is 2.33. The molecule has 1 aromatic rings. The first-order valence-electron chi connectivity index (χ1n) is 3.55. The fraction of sp³-hybridized carbons (Fsp3) is 0.111. The second-order valence-electron chi connectivity index (χ2n) is 2.56. The molecule has 76 valence electrons. The summed E-state index contributed by atoms with van der Waals surface area (Å²) in [4.78, 5) is 0. The third-order valence-electron chi connectivity index (χ3n) is 1.62. The molecule has 0 heterocycles. The first-order chi connectivity index (χ1) is 6.36. The minimum absolute atomic E-state index is 0.0551. The average Bonchev–Trinajstić information content (AvgIpc) is 2.07. The molecule has 14 heavy (non-hydrogen) atoms. The van der Waals surface area contributed by atoms with E-state index in [0.29, 0.717) is 0 Å². The van der Waals surface area contributed by atoms with Crippen molar-refractivity contribution in [3.05, 3.63) is 39.2 Å². The van der Waals surface area contributed by atoms with Gasteiger partial charge in [0.25, 0.3) is 0 Å². The lowest BCUT2D eigenvalue weighted by atomic mass is 10.1. The maximum atomic E-state index is 12.9. The van der Waals surface area contributed by atoms with Gasteiger partial charge in [-0.15, -0.1) is 0 Å². The van der Waals surface area contributed by atoms with Gasteiger partial charge < -0.3 is 0 Å². The highest BCUT2D eigenvalue weighted by molar-refractivity contribution is 14.1. The van der Waals surface area contributed by atoms with E-state index >= 15 is 0 Å². The molecule has 0 atom stereocenters. The molecule has 1 rings (SSSR count). The highest BCUT2D eigenvalue weighted by atomic mass is 127. The Kier molecular flexibility index (Phi) is 3.18. The standard InChI is InChI=1S/C9H5F4I/c1-2-5-3-7(10)8(14)4-6(5)9(11,12)13/h2-4H,1H2. The molecule has 0 radical (unpaired) electrons. The monoisotopic (exact) mass is 316 g/mol. The molecule has 1 aromatic carbocycles. The molecule has 0 aliphatic carbocycles. The lowest BCUT2D eigenvalue weighted by molar-refractivity contribution is -0.137. The van der Waals surface area contributed by atoms with Gasteiger partial charge in [0, 0.05) is 3.57 Å². The van der Waals surface area contributed by atoms with Gasteiger partial charge >= 0.3 is 6.18 Å². The highest BCUT2D eigenvalue weighted by Crippen LogP contribution is 2.34. The van der Waals surface area contributed by atoms with E-state index in [0.717, 1.165) is 18.2 Å².